The number of amides is 6. The number of benzene rings is 1. The second kappa shape index (κ2) is 12.1. The van der Waals surface area contributed by atoms with Crippen molar-refractivity contribution < 1.29 is 47.0 Å². The molecule has 3 aliphatic heterocycles. The quantitative estimate of drug-likeness (QED) is 0.238. The van der Waals surface area contributed by atoms with Crippen LogP contribution in [0.2, 0.25) is 0 Å². The highest BCUT2D eigenvalue weighted by Gasteiger charge is 2.52. The first-order valence-corrected chi connectivity index (χ1v) is 14.8. The van der Waals surface area contributed by atoms with Crippen LogP contribution in [0, 0.1) is 11.3 Å². The molecular formula is C24H24N6O10S2. The number of nitrogens with one attached hydrogen (secondary N) is 2. The van der Waals surface area contributed by atoms with Gasteiger partial charge >= 0.3 is 24.0 Å². The minimum Gasteiger partial charge on any atom is -0.480 e. The van der Waals surface area contributed by atoms with Gasteiger partial charge in [-0.25, -0.2) is 27.2 Å². The Morgan fingerprint density at radius 1 is 1.19 bits per heavy atom. The van der Waals surface area contributed by atoms with E-state index in [1.54, 1.807) is 12.1 Å². The van der Waals surface area contributed by atoms with Crippen molar-refractivity contribution in [3.8, 4) is 6.07 Å². The predicted molar refractivity (Wildman–Crippen MR) is 144 cm³/mol. The van der Waals surface area contributed by atoms with E-state index in [1.807, 2.05) is 0 Å². The third-order valence-corrected chi connectivity index (χ3v) is 9.45. The number of hydrogen-bond donors (Lipinski definition) is 3. The van der Waals surface area contributed by atoms with Gasteiger partial charge in [0.1, 0.15) is 23.3 Å². The minimum absolute atomic E-state index is 0.154. The van der Waals surface area contributed by atoms with Gasteiger partial charge in [-0.05, 0) is 11.6 Å². The van der Waals surface area contributed by atoms with E-state index < -0.39 is 68.3 Å². The van der Waals surface area contributed by atoms with Gasteiger partial charge in [-0.2, -0.15) is 5.26 Å². The molecule has 3 aliphatic rings. The summed E-state index contributed by atoms with van der Waals surface area (Å²) in [5.74, 6) is -3.83. The number of carbonyl (C=O) groups excluding carboxylic acids is 5. The number of hydrogen-bond acceptors (Lipinski definition) is 11. The van der Waals surface area contributed by atoms with Crippen molar-refractivity contribution in [1.82, 2.24) is 19.4 Å². The van der Waals surface area contributed by atoms with E-state index in [-0.39, 0.29) is 37.4 Å². The fourth-order valence-electron chi connectivity index (χ4n) is 4.39. The molecule has 16 nitrogen and oxygen atoms in total. The molecule has 0 saturated carbocycles. The fraction of sp³-hybridized carbons (Fsp3) is 0.375. The van der Waals surface area contributed by atoms with Crippen molar-refractivity contribution >= 4 is 63.3 Å². The number of para-hydroxylation sites is 1. The molecule has 2 unspecified atom stereocenters. The van der Waals surface area contributed by atoms with Crippen molar-refractivity contribution in [3.05, 3.63) is 41.6 Å². The number of sulfonamides is 1. The highest BCUT2D eigenvalue weighted by atomic mass is 32.2. The van der Waals surface area contributed by atoms with Crippen LogP contribution < -0.4 is 10.6 Å². The molecule has 0 aliphatic carbocycles. The van der Waals surface area contributed by atoms with Gasteiger partial charge in [0.15, 0.2) is 5.75 Å². The minimum atomic E-state index is -4.20. The molecule has 1 aromatic rings. The molecule has 4 rings (SSSR count). The third kappa shape index (κ3) is 6.16. The van der Waals surface area contributed by atoms with E-state index in [0.29, 0.717) is 14.8 Å². The number of ether oxygens (including phenoxy) is 1. The van der Waals surface area contributed by atoms with Crippen LogP contribution in [-0.2, 0) is 40.4 Å². The summed E-state index contributed by atoms with van der Waals surface area (Å²) < 4.78 is 29.5. The highest BCUT2D eigenvalue weighted by Crippen LogP contribution is 2.40. The van der Waals surface area contributed by atoms with Gasteiger partial charge < -0.3 is 25.4 Å². The largest absolute Gasteiger partial charge is 0.480 e. The highest BCUT2D eigenvalue weighted by molar-refractivity contribution is 8.01. The maximum Gasteiger partial charge on any atom is 0.341 e. The summed E-state index contributed by atoms with van der Waals surface area (Å²) in [7, 11) is -4.20. The molecular weight excluding hydrogens is 596 g/mol. The van der Waals surface area contributed by atoms with Crippen molar-refractivity contribution in [2.75, 3.05) is 30.8 Å². The summed E-state index contributed by atoms with van der Waals surface area (Å²) >= 11 is 0.912. The number of nitrogens with zero attached hydrogens (tertiary/aromatic N) is 4. The number of nitriles is 1. The number of imide groups is 1. The van der Waals surface area contributed by atoms with Gasteiger partial charge in [-0.3, -0.25) is 19.2 Å². The zero-order valence-electron chi connectivity index (χ0n) is 21.9. The lowest BCUT2D eigenvalue weighted by Gasteiger charge is -2.48. The topological polar surface area (TPSA) is 224 Å². The van der Waals surface area contributed by atoms with Gasteiger partial charge in [0.05, 0.1) is 25.6 Å². The average molecular weight is 621 g/mol. The van der Waals surface area contributed by atoms with E-state index in [0.717, 1.165) is 11.8 Å². The Hall–Kier alpha value is -4.63. The van der Waals surface area contributed by atoms with Gasteiger partial charge in [-0.15, -0.1) is 11.8 Å². The zero-order chi connectivity index (χ0) is 30.8. The van der Waals surface area contributed by atoms with Gasteiger partial charge in [-0.1, -0.05) is 18.2 Å². The fourth-order valence-corrected chi connectivity index (χ4v) is 6.74. The Morgan fingerprint density at radius 3 is 2.57 bits per heavy atom. The first kappa shape index (κ1) is 30.3. The van der Waals surface area contributed by atoms with Gasteiger partial charge in [0.25, 0.3) is 15.9 Å². The Balaban J connectivity index is 1.39. The lowest BCUT2D eigenvalue weighted by atomic mass is 10.0. The van der Waals surface area contributed by atoms with Gasteiger partial charge in [0.2, 0.25) is 5.91 Å². The summed E-state index contributed by atoms with van der Waals surface area (Å²) in [6, 6.07) is 4.53. The molecule has 222 valence electrons. The molecule has 2 fully saturated rings. The Bertz CT molecular complexity index is 1540. The van der Waals surface area contributed by atoms with Gasteiger partial charge in [0, 0.05) is 24.4 Å². The number of rotatable bonds is 9. The molecule has 0 radical (unpaired) electrons. The van der Waals surface area contributed by atoms with Crippen LogP contribution in [-0.4, -0.2) is 106 Å². The van der Waals surface area contributed by atoms with Crippen LogP contribution in [0.15, 0.2) is 36.0 Å². The Morgan fingerprint density at radius 2 is 1.90 bits per heavy atom. The summed E-state index contributed by atoms with van der Waals surface area (Å²) in [6.07, 6.45) is 1.01. The second-order valence-corrected chi connectivity index (χ2v) is 12.3. The number of aliphatic carboxylic acids is 1. The first-order valence-electron chi connectivity index (χ1n) is 12.3. The number of β-lactam (4-membered cyclic amide) rings is 1. The standard InChI is InChI=1S/C24H24N6O10S2/c1-13(31)40-12-15-11-29-20(33)18(21(29)41-19(15)22(34)35)27-17(32)10-14-4-2-3-5-16(14)26-23(36)28-7-8-30(24(28)37)42(38,39)9-6-25/h2-5,11,18-19,21H,7-10,12H2,1H3,(H,26,36)(H,27,32)(H,34,35)/t18?,19?,21-/m1/s1. The van der Waals surface area contributed by atoms with Crippen LogP contribution in [0.3, 0.4) is 0 Å². The number of urea groups is 2. The number of anilines is 1. The lowest BCUT2D eigenvalue weighted by molar-refractivity contribution is -0.145. The molecule has 1 aromatic carbocycles. The van der Waals surface area contributed by atoms with E-state index in [9.17, 15) is 42.3 Å². The first-order chi connectivity index (χ1) is 19.8. The average Bonchev–Trinajstić information content (AvgIpc) is 3.33. The molecule has 3 N–H and O–H groups in total. The monoisotopic (exact) mass is 620 g/mol. The van der Waals surface area contributed by atoms with Crippen LogP contribution >= 0.6 is 11.8 Å². The molecule has 0 bridgehead atoms. The van der Waals surface area contributed by atoms with E-state index in [1.165, 1.54) is 36.2 Å². The zero-order valence-corrected chi connectivity index (χ0v) is 23.5. The molecule has 3 heterocycles. The maximum atomic E-state index is 12.9. The predicted octanol–water partition coefficient (Wildman–Crippen LogP) is -0.348. The second-order valence-electron chi connectivity index (χ2n) is 9.20. The SMILES string of the molecule is CC(=O)OCC1=CN2C(=O)C(NC(=O)Cc3ccccc3NC(=O)N3CCN(S(=O)(=O)CC#N)C3=O)[C@H]2SC1C(=O)O. The number of carboxylic acid groups (broad SMARTS) is 1. The number of carboxylic acids is 1. The number of fused-ring (bicyclic) bond motifs is 1. The van der Waals surface area contributed by atoms with Crippen molar-refractivity contribution in [3.63, 3.8) is 0 Å². The van der Waals surface area contributed by atoms with E-state index >= 15 is 0 Å². The van der Waals surface area contributed by atoms with Crippen LogP contribution in [0.5, 0.6) is 0 Å². The van der Waals surface area contributed by atoms with Crippen molar-refractivity contribution in [1.29, 1.82) is 5.26 Å². The van der Waals surface area contributed by atoms with Crippen molar-refractivity contribution in [2.24, 2.45) is 0 Å². The number of esters is 1. The molecule has 6 amide bonds. The van der Waals surface area contributed by atoms with E-state index in [4.69, 9.17) is 10.00 Å². The number of thioether (sulfide) groups is 1. The molecule has 18 heteroatoms. The summed E-state index contributed by atoms with van der Waals surface area (Å²) in [5, 5.41) is 21.6. The smallest absolute Gasteiger partial charge is 0.341 e. The van der Waals surface area contributed by atoms with Crippen LogP contribution in [0.25, 0.3) is 0 Å². The lowest BCUT2D eigenvalue weighted by Crippen LogP contribution is -2.69. The summed E-state index contributed by atoms with van der Waals surface area (Å²) in [4.78, 5) is 75.8. The molecule has 3 atom stereocenters. The van der Waals surface area contributed by atoms with Crippen LogP contribution in [0.1, 0.15) is 12.5 Å². The van der Waals surface area contributed by atoms with Crippen LogP contribution in [0.4, 0.5) is 15.3 Å². The maximum absolute atomic E-state index is 12.9. The molecule has 0 aromatic heterocycles. The molecule has 42 heavy (non-hydrogen) atoms. The molecule has 0 spiro atoms. The Labute approximate surface area is 243 Å². The molecule has 2 saturated heterocycles. The summed E-state index contributed by atoms with van der Waals surface area (Å²) in [5.41, 5.74) is 0.682. The normalized spacial score (nSPS) is 21.5. The summed E-state index contributed by atoms with van der Waals surface area (Å²) in [6.45, 7) is 0.316. The van der Waals surface area contributed by atoms with Crippen molar-refractivity contribution in [2.45, 2.75) is 30.0 Å². The van der Waals surface area contributed by atoms with E-state index in [2.05, 4.69) is 10.6 Å². The number of carbonyl (C=O) groups is 6. The Kier molecular flexibility index (Phi) is 8.72. The third-order valence-electron chi connectivity index (χ3n) is 6.39.